The molecule has 0 N–H and O–H groups in total. The molecule has 1 fully saturated rings. The number of aromatic nitrogens is 2. The molecule has 1 aromatic carbocycles. The molecule has 0 radical (unpaired) electrons. The van der Waals surface area contributed by atoms with Gasteiger partial charge in [-0.15, -0.1) is 0 Å². The summed E-state index contributed by atoms with van der Waals surface area (Å²) in [5.41, 5.74) is 4.16. The Morgan fingerprint density at radius 2 is 1.80 bits per heavy atom. The Kier molecular flexibility index (Phi) is 4.24. The Morgan fingerprint density at radius 3 is 2.56 bits per heavy atom. The molecule has 3 heterocycles. The van der Waals surface area contributed by atoms with Gasteiger partial charge in [-0.1, -0.05) is 30.3 Å². The zero-order valence-electron chi connectivity index (χ0n) is 14.4. The fourth-order valence-electron chi connectivity index (χ4n) is 3.34. The minimum atomic E-state index is 0.0271. The molecule has 25 heavy (non-hydrogen) atoms. The molecule has 5 heteroatoms. The number of amides is 1. The van der Waals surface area contributed by atoms with Crippen LogP contribution in [0, 0.1) is 6.92 Å². The molecule has 4 rings (SSSR count). The summed E-state index contributed by atoms with van der Waals surface area (Å²) in [6, 6.07) is 16.2. The van der Waals surface area contributed by atoms with Crippen LogP contribution in [0.25, 0.3) is 5.52 Å². The van der Waals surface area contributed by atoms with Gasteiger partial charge in [0.2, 0.25) is 0 Å². The third-order valence-electron chi connectivity index (χ3n) is 4.90. The second kappa shape index (κ2) is 6.69. The van der Waals surface area contributed by atoms with E-state index in [9.17, 15) is 4.79 Å². The Bertz CT molecular complexity index is 860. The molecule has 0 saturated carbocycles. The van der Waals surface area contributed by atoms with E-state index in [-0.39, 0.29) is 5.91 Å². The number of hydrogen-bond acceptors (Lipinski definition) is 3. The van der Waals surface area contributed by atoms with Gasteiger partial charge >= 0.3 is 0 Å². The van der Waals surface area contributed by atoms with E-state index in [0.717, 1.165) is 38.2 Å². The van der Waals surface area contributed by atoms with Crippen LogP contribution in [0.1, 0.15) is 21.6 Å². The van der Waals surface area contributed by atoms with Crippen molar-refractivity contribution >= 4 is 11.4 Å². The molecular formula is C20H22N4O. The van der Waals surface area contributed by atoms with Crippen LogP contribution < -0.4 is 0 Å². The van der Waals surface area contributed by atoms with Gasteiger partial charge in [-0.25, -0.2) is 4.52 Å². The first-order chi connectivity index (χ1) is 12.2. The maximum atomic E-state index is 12.7. The van der Waals surface area contributed by atoms with E-state index in [1.165, 1.54) is 11.1 Å². The minimum Gasteiger partial charge on any atom is -0.335 e. The van der Waals surface area contributed by atoms with Crippen LogP contribution in [0.5, 0.6) is 0 Å². The molecule has 1 aliphatic heterocycles. The normalized spacial score (nSPS) is 15.6. The molecule has 3 aromatic rings. The number of benzene rings is 1. The summed E-state index contributed by atoms with van der Waals surface area (Å²) < 4.78 is 1.75. The number of nitrogens with zero attached hydrogens (tertiary/aromatic N) is 4. The maximum absolute atomic E-state index is 12.7. The molecule has 1 amide bonds. The molecule has 0 aliphatic carbocycles. The Labute approximate surface area is 147 Å². The molecule has 1 saturated heterocycles. The predicted octanol–water partition coefficient (Wildman–Crippen LogP) is 2.60. The Balaban J connectivity index is 1.39. The van der Waals surface area contributed by atoms with Crippen LogP contribution >= 0.6 is 0 Å². The SMILES string of the molecule is Cc1ccccc1CN1CCN(C(=O)c2cc3ccccn3n2)CC1. The summed E-state index contributed by atoms with van der Waals surface area (Å²) in [5, 5.41) is 4.40. The van der Waals surface area contributed by atoms with Gasteiger partial charge in [0, 0.05) is 38.9 Å². The van der Waals surface area contributed by atoms with Crippen molar-refractivity contribution in [3.05, 3.63) is 71.5 Å². The zero-order chi connectivity index (χ0) is 17.2. The van der Waals surface area contributed by atoms with Crippen LogP contribution in [0.2, 0.25) is 0 Å². The lowest BCUT2D eigenvalue weighted by Crippen LogP contribution is -2.48. The van der Waals surface area contributed by atoms with Crippen molar-refractivity contribution in [3.8, 4) is 0 Å². The number of carbonyl (C=O) groups is 1. The van der Waals surface area contributed by atoms with Crippen LogP contribution in [-0.2, 0) is 6.54 Å². The molecule has 5 nitrogen and oxygen atoms in total. The highest BCUT2D eigenvalue weighted by molar-refractivity contribution is 5.93. The highest BCUT2D eigenvalue weighted by Crippen LogP contribution is 2.14. The summed E-state index contributed by atoms with van der Waals surface area (Å²) in [7, 11) is 0. The Morgan fingerprint density at radius 1 is 1.04 bits per heavy atom. The molecule has 0 spiro atoms. The number of piperazine rings is 1. The van der Waals surface area contributed by atoms with Gasteiger partial charge in [0.25, 0.3) is 5.91 Å². The highest BCUT2D eigenvalue weighted by atomic mass is 16.2. The lowest BCUT2D eigenvalue weighted by Gasteiger charge is -2.34. The molecule has 2 aromatic heterocycles. The van der Waals surface area contributed by atoms with E-state index >= 15 is 0 Å². The summed E-state index contributed by atoms with van der Waals surface area (Å²) in [4.78, 5) is 17.0. The van der Waals surface area contributed by atoms with Crippen LogP contribution in [0.15, 0.2) is 54.7 Å². The van der Waals surface area contributed by atoms with Gasteiger partial charge in [0.05, 0.1) is 5.52 Å². The number of carbonyl (C=O) groups excluding carboxylic acids is 1. The fourth-order valence-corrected chi connectivity index (χ4v) is 3.34. The van der Waals surface area contributed by atoms with Crippen molar-refractivity contribution in [2.75, 3.05) is 26.2 Å². The predicted molar refractivity (Wildman–Crippen MR) is 97.6 cm³/mol. The average molecular weight is 334 g/mol. The van der Waals surface area contributed by atoms with Gasteiger partial charge in [-0.3, -0.25) is 9.69 Å². The van der Waals surface area contributed by atoms with E-state index in [4.69, 9.17) is 0 Å². The number of rotatable bonds is 3. The molecule has 0 atom stereocenters. The topological polar surface area (TPSA) is 40.9 Å². The maximum Gasteiger partial charge on any atom is 0.274 e. The first kappa shape index (κ1) is 15.8. The summed E-state index contributed by atoms with van der Waals surface area (Å²) in [6.45, 7) is 6.39. The fraction of sp³-hybridized carbons (Fsp3) is 0.300. The quantitative estimate of drug-likeness (QED) is 0.739. The van der Waals surface area contributed by atoms with Crippen LogP contribution in [0.3, 0.4) is 0 Å². The van der Waals surface area contributed by atoms with Gasteiger partial charge < -0.3 is 4.90 Å². The number of aryl methyl sites for hydroxylation is 1. The first-order valence-corrected chi connectivity index (χ1v) is 8.71. The highest BCUT2D eigenvalue weighted by Gasteiger charge is 2.24. The van der Waals surface area contributed by atoms with Crippen molar-refractivity contribution in [1.82, 2.24) is 19.4 Å². The second-order valence-corrected chi connectivity index (χ2v) is 6.59. The standard InChI is InChI=1S/C20H22N4O/c1-16-6-2-3-7-17(16)15-22-10-12-23(13-11-22)20(25)19-14-18-8-4-5-9-24(18)21-19/h2-9,14H,10-13,15H2,1H3. The van der Waals surface area contributed by atoms with Crippen molar-refractivity contribution in [2.24, 2.45) is 0 Å². The minimum absolute atomic E-state index is 0.0271. The zero-order valence-corrected chi connectivity index (χ0v) is 14.4. The average Bonchev–Trinajstić information content (AvgIpc) is 3.08. The summed E-state index contributed by atoms with van der Waals surface area (Å²) in [6.07, 6.45) is 1.87. The van der Waals surface area contributed by atoms with Gasteiger partial charge in [0.1, 0.15) is 0 Å². The third kappa shape index (κ3) is 3.28. The lowest BCUT2D eigenvalue weighted by atomic mass is 10.1. The second-order valence-electron chi connectivity index (χ2n) is 6.59. The Hall–Kier alpha value is -2.66. The number of fused-ring (bicyclic) bond motifs is 1. The molecule has 128 valence electrons. The lowest BCUT2D eigenvalue weighted by molar-refractivity contribution is 0.0622. The molecule has 0 bridgehead atoms. The van der Waals surface area contributed by atoms with Gasteiger partial charge in [-0.05, 0) is 36.2 Å². The first-order valence-electron chi connectivity index (χ1n) is 8.71. The van der Waals surface area contributed by atoms with Crippen molar-refractivity contribution in [1.29, 1.82) is 0 Å². The third-order valence-corrected chi connectivity index (χ3v) is 4.90. The van der Waals surface area contributed by atoms with E-state index in [0.29, 0.717) is 5.69 Å². The van der Waals surface area contributed by atoms with E-state index in [1.54, 1.807) is 4.52 Å². The van der Waals surface area contributed by atoms with Crippen LogP contribution in [-0.4, -0.2) is 51.5 Å². The van der Waals surface area contributed by atoms with Gasteiger partial charge in [-0.2, -0.15) is 5.10 Å². The van der Waals surface area contributed by atoms with Gasteiger partial charge in [0.15, 0.2) is 5.69 Å². The van der Waals surface area contributed by atoms with E-state index in [2.05, 4.69) is 41.2 Å². The summed E-state index contributed by atoms with van der Waals surface area (Å²) >= 11 is 0. The van der Waals surface area contributed by atoms with E-state index < -0.39 is 0 Å². The van der Waals surface area contributed by atoms with Crippen molar-refractivity contribution < 1.29 is 4.79 Å². The monoisotopic (exact) mass is 334 g/mol. The largest absolute Gasteiger partial charge is 0.335 e. The molecular weight excluding hydrogens is 312 g/mol. The van der Waals surface area contributed by atoms with Crippen LogP contribution in [0.4, 0.5) is 0 Å². The number of hydrogen-bond donors (Lipinski definition) is 0. The summed E-state index contributed by atoms with van der Waals surface area (Å²) in [5.74, 6) is 0.0271. The van der Waals surface area contributed by atoms with Crippen molar-refractivity contribution in [3.63, 3.8) is 0 Å². The van der Waals surface area contributed by atoms with Crippen molar-refractivity contribution in [2.45, 2.75) is 13.5 Å². The molecule has 0 unspecified atom stereocenters. The molecule has 1 aliphatic rings. The smallest absolute Gasteiger partial charge is 0.274 e. The number of pyridine rings is 1. The van der Waals surface area contributed by atoms with E-state index in [1.807, 2.05) is 35.4 Å².